The lowest BCUT2D eigenvalue weighted by molar-refractivity contribution is -0.132. The topological polar surface area (TPSA) is 55.6 Å². The van der Waals surface area contributed by atoms with Crippen molar-refractivity contribution < 1.29 is 9.53 Å². The molecule has 2 N–H and O–H groups in total. The molecule has 0 saturated carbocycles. The lowest BCUT2D eigenvalue weighted by Gasteiger charge is -2.28. The van der Waals surface area contributed by atoms with Crippen LogP contribution in [0.25, 0.3) is 0 Å². The third-order valence-corrected chi connectivity index (χ3v) is 3.08. The summed E-state index contributed by atoms with van der Waals surface area (Å²) in [7, 11) is 1.84. The summed E-state index contributed by atoms with van der Waals surface area (Å²) >= 11 is 0. The fraction of sp³-hybridized carbons (Fsp3) is 0.917. The highest BCUT2D eigenvalue weighted by molar-refractivity contribution is 5.81. The highest BCUT2D eigenvalue weighted by atomic mass is 16.5. The first-order chi connectivity index (χ1) is 7.65. The van der Waals surface area contributed by atoms with Gasteiger partial charge in [0.1, 0.15) is 0 Å². The Morgan fingerprint density at radius 3 is 2.94 bits per heavy atom. The molecule has 2 atom stereocenters. The Bertz CT molecular complexity index is 215. The number of amides is 1. The molecular formula is C12H24N2O2. The van der Waals surface area contributed by atoms with Crippen molar-refractivity contribution in [3.8, 4) is 0 Å². The number of hydrogen-bond acceptors (Lipinski definition) is 3. The van der Waals surface area contributed by atoms with Gasteiger partial charge in [0.05, 0.1) is 12.6 Å². The van der Waals surface area contributed by atoms with Gasteiger partial charge in [-0.15, -0.1) is 0 Å². The van der Waals surface area contributed by atoms with Crippen LogP contribution in [-0.2, 0) is 9.53 Å². The van der Waals surface area contributed by atoms with Crippen LogP contribution >= 0.6 is 0 Å². The summed E-state index contributed by atoms with van der Waals surface area (Å²) in [5, 5.41) is 0. The van der Waals surface area contributed by atoms with Crippen LogP contribution in [0.5, 0.6) is 0 Å². The maximum atomic E-state index is 11.9. The van der Waals surface area contributed by atoms with Crippen LogP contribution in [0.3, 0.4) is 0 Å². The van der Waals surface area contributed by atoms with Crippen molar-refractivity contribution in [3.63, 3.8) is 0 Å². The van der Waals surface area contributed by atoms with E-state index in [0.717, 1.165) is 45.4 Å². The van der Waals surface area contributed by atoms with E-state index in [9.17, 15) is 4.79 Å². The van der Waals surface area contributed by atoms with Crippen molar-refractivity contribution in [1.29, 1.82) is 0 Å². The van der Waals surface area contributed by atoms with E-state index >= 15 is 0 Å². The van der Waals surface area contributed by atoms with Gasteiger partial charge in [0.15, 0.2) is 0 Å². The fourth-order valence-corrected chi connectivity index (χ4v) is 2.15. The SMILES string of the molecule is CCCC(N)C(=O)N(C)CC1CCCOC1. The Labute approximate surface area is 98.1 Å². The third-order valence-electron chi connectivity index (χ3n) is 3.08. The Kier molecular flexibility index (Phi) is 5.77. The van der Waals surface area contributed by atoms with E-state index in [1.165, 1.54) is 0 Å². The third kappa shape index (κ3) is 4.10. The molecule has 2 unspecified atom stereocenters. The molecule has 0 bridgehead atoms. The molecular weight excluding hydrogens is 204 g/mol. The van der Waals surface area contributed by atoms with Crippen molar-refractivity contribution in [1.82, 2.24) is 4.90 Å². The van der Waals surface area contributed by atoms with Crippen LogP contribution < -0.4 is 5.73 Å². The first kappa shape index (κ1) is 13.5. The van der Waals surface area contributed by atoms with E-state index < -0.39 is 0 Å². The fourth-order valence-electron chi connectivity index (χ4n) is 2.15. The lowest BCUT2D eigenvalue weighted by Crippen LogP contribution is -2.44. The number of carbonyl (C=O) groups is 1. The molecule has 1 amide bonds. The van der Waals surface area contributed by atoms with Gasteiger partial charge < -0.3 is 15.4 Å². The molecule has 0 aliphatic carbocycles. The summed E-state index contributed by atoms with van der Waals surface area (Å²) in [5.41, 5.74) is 5.81. The van der Waals surface area contributed by atoms with Gasteiger partial charge in [-0.1, -0.05) is 13.3 Å². The Balaban J connectivity index is 2.32. The van der Waals surface area contributed by atoms with Crippen LogP contribution in [-0.4, -0.2) is 43.7 Å². The monoisotopic (exact) mass is 228 g/mol. The van der Waals surface area contributed by atoms with E-state index in [2.05, 4.69) is 0 Å². The second kappa shape index (κ2) is 6.86. The average molecular weight is 228 g/mol. The van der Waals surface area contributed by atoms with Gasteiger partial charge >= 0.3 is 0 Å². The van der Waals surface area contributed by atoms with Gasteiger partial charge in [-0.2, -0.15) is 0 Å². The molecule has 0 spiro atoms. The molecule has 0 aromatic rings. The molecule has 94 valence electrons. The van der Waals surface area contributed by atoms with Gasteiger partial charge in [0.25, 0.3) is 0 Å². The van der Waals surface area contributed by atoms with E-state index in [0.29, 0.717) is 5.92 Å². The summed E-state index contributed by atoms with van der Waals surface area (Å²) in [6.45, 7) is 4.46. The minimum absolute atomic E-state index is 0.0624. The largest absolute Gasteiger partial charge is 0.381 e. The lowest BCUT2D eigenvalue weighted by atomic mass is 10.0. The zero-order valence-electron chi connectivity index (χ0n) is 10.4. The first-order valence-electron chi connectivity index (χ1n) is 6.23. The van der Waals surface area contributed by atoms with Gasteiger partial charge in [-0.25, -0.2) is 0 Å². The van der Waals surface area contributed by atoms with Crippen LogP contribution in [0.4, 0.5) is 0 Å². The van der Waals surface area contributed by atoms with Gasteiger partial charge in [0.2, 0.25) is 5.91 Å². The zero-order valence-corrected chi connectivity index (χ0v) is 10.4. The van der Waals surface area contributed by atoms with E-state index in [1.807, 2.05) is 14.0 Å². The normalized spacial score (nSPS) is 22.8. The Morgan fingerprint density at radius 1 is 1.62 bits per heavy atom. The standard InChI is InChI=1S/C12H24N2O2/c1-3-5-11(13)12(15)14(2)8-10-6-4-7-16-9-10/h10-11H,3-9,13H2,1-2H3. The smallest absolute Gasteiger partial charge is 0.239 e. The highest BCUT2D eigenvalue weighted by Gasteiger charge is 2.21. The Hall–Kier alpha value is -0.610. The molecule has 1 saturated heterocycles. The molecule has 4 heteroatoms. The molecule has 0 aromatic carbocycles. The molecule has 1 heterocycles. The van der Waals surface area contributed by atoms with Crippen molar-refractivity contribution in [2.45, 2.75) is 38.6 Å². The summed E-state index contributed by atoms with van der Waals surface area (Å²) in [4.78, 5) is 13.6. The first-order valence-corrected chi connectivity index (χ1v) is 6.23. The van der Waals surface area contributed by atoms with Crippen molar-refractivity contribution in [3.05, 3.63) is 0 Å². The van der Waals surface area contributed by atoms with Crippen molar-refractivity contribution in [2.75, 3.05) is 26.8 Å². The highest BCUT2D eigenvalue weighted by Crippen LogP contribution is 2.14. The van der Waals surface area contributed by atoms with E-state index in [1.54, 1.807) is 4.90 Å². The minimum Gasteiger partial charge on any atom is -0.381 e. The minimum atomic E-state index is -0.334. The van der Waals surface area contributed by atoms with Crippen LogP contribution in [0.1, 0.15) is 32.6 Å². The quantitative estimate of drug-likeness (QED) is 0.763. The maximum absolute atomic E-state index is 11.9. The number of carbonyl (C=O) groups excluding carboxylic acids is 1. The summed E-state index contributed by atoms with van der Waals surface area (Å²) in [6.07, 6.45) is 3.98. The molecule has 1 aliphatic heterocycles. The van der Waals surface area contributed by atoms with Crippen LogP contribution in [0.2, 0.25) is 0 Å². The van der Waals surface area contributed by atoms with Gasteiger partial charge in [0, 0.05) is 20.2 Å². The molecule has 1 aliphatic rings. The molecule has 4 nitrogen and oxygen atoms in total. The number of hydrogen-bond donors (Lipinski definition) is 1. The predicted octanol–water partition coefficient (Wildman–Crippen LogP) is 0.999. The zero-order chi connectivity index (χ0) is 12.0. The molecule has 0 radical (unpaired) electrons. The van der Waals surface area contributed by atoms with Crippen molar-refractivity contribution >= 4 is 5.91 Å². The second-order valence-electron chi connectivity index (χ2n) is 4.70. The molecule has 1 rings (SSSR count). The van der Waals surface area contributed by atoms with Gasteiger partial charge in [-0.05, 0) is 25.2 Å². The van der Waals surface area contributed by atoms with Crippen LogP contribution in [0, 0.1) is 5.92 Å². The maximum Gasteiger partial charge on any atom is 0.239 e. The van der Waals surface area contributed by atoms with Gasteiger partial charge in [-0.3, -0.25) is 4.79 Å². The average Bonchev–Trinajstić information content (AvgIpc) is 2.29. The van der Waals surface area contributed by atoms with Crippen molar-refractivity contribution in [2.24, 2.45) is 11.7 Å². The molecule has 16 heavy (non-hydrogen) atoms. The Morgan fingerprint density at radius 2 is 2.38 bits per heavy atom. The van der Waals surface area contributed by atoms with Crippen LogP contribution in [0.15, 0.2) is 0 Å². The number of nitrogens with two attached hydrogens (primary N) is 1. The number of nitrogens with zero attached hydrogens (tertiary/aromatic N) is 1. The molecule has 1 fully saturated rings. The summed E-state index contributed by atoms with van der Waals surface area (Å²) in [5.74, 6) is 0.545. The number of ether oxygens (including phenoxy) is 1. The second-order valence-corrected chi connectivity index (χ2v) is 4.70. The van der Waals surface area contributed by atoms with E-state index in [-0.39, 0.29) is 11.9 Å². The van der Waals surface area contributed by atoms with E-state index in [4.69, 9.17) is 10.5 Å². The summed E-state index contributed by atoms with van der Waals surface area (Å²) < 4.78 is 5.40. The number of likely N-dealkylation sites (N-methyl/N-ethyl adjacent to an activating group) is 1. The molecule has 0 aromatic heterocycles. The predicted molar refractivity (Wildman–Crippen MR) is 64.1 cm³/mol. The summed E-state index contributed by atoms with van der Waals surface area (Å²) in [6, 6.07) is -0.334. The number of rotatable bonds is 5.